The van der Waals surface area contributed by atoms with Gasteiger partial charge in [0, 0.05) is 25.5 Å². The van der Waals surface area contributed by atoms with E-state index < -0.39 is 16.1 Å². The zero-order valence-electron chi connectivity index (χ0n) is 15.6. The molecule has 1 atom stereocenters. The smallest absolute Gasteiger partial charge is 0.241 e. The number of rotatable bonds is 11. The molecule has 0 radical (unpaired) electrons. The SMILES string of the molecule is CSCCC(NS(=O)(=O)c1ccc(C)cc1)C(=O)NCCCn1cccn1. The molecular formula is C18H26N4O3S2. The second kappa shape index (κ2) is 10.5. The van der Waals surface area contributed by atoms with E-state index in [9.17, 15) is 13.2 Å². The van der Waals surface area contributed by atoms with Gasteiger partial charge in [-0.25, -0.2) is 8.42 Å². The Morgan fingerprint density at radius 2 is 2.04 bits per heavy atom. The van der Waals surface area contributed by atoms with Crippen LogP contribution in [-0.2, 0) is 21.4 Å². The first kappa shape index (κ1) is 21.5. The lowest BCUT2D eigenvalue weighted by molar-refractivity contribution is -0.122. The zero-order chi connectivity index (χ0) is 19.7. The maximum Gasteiger partial charge on any atom is 0.241 e. The van der Waals surface area contributed by atoms with Crippen LogP contribution in [0.15, 0.2) is 47.6 Å². The van der Waals surface area contributed by atoms with Crippen LogP contribution in [0, 0.1) is 6.92 Å². The highest BCUT2D eigenvalue weighted by molar-refractivity contribution is 7.98. The summed E-state index contributed by atoms with van der Waals surface area (Å²) in [5.74, 6) is 0.377. The van der Waals surface area contributed by atoms with E-state index in [4.69, 9.17) is 0 Å². The van der Waals surface area contributed by atoms with Gasteiger partial charge in [-0.15, -0.1) is 0 Å². The molecule has 1 aromatic carbocycles. The number of nitrogens with zero attached hydrogens (tertiary/aromatic N) is 2. The van der Waals surface area contributed by atoms with Crippen LogP contribution >= 0.6 is 11.8 Å². The van der Waals surface area contributed by atoms with E-state index in [1.54, 1.807) is 46.9 Å². The quantitative estimate of drug-likeness (QED) is 0.551. The summed E-state index contributed by atoms with van der Waals surface area (Å²) in [6, 6.07) is 7.61. The van der Waals surface area contributed by atoms with Gasteiger partial charge in [0.05, 0.1) is 4.90 Å². The standard InChI is InChI=1S/C18H26N4O3S2/c1-15-5-7-16(8-6-15)27(24,25)21-17(9-14-26-2)18(23)19-10-3-12-22-13-4-11-20-22/h4-8,11,13,17,21H,3,9-10,12,14H2,1-2H3,(H,19,23). The average Bonchev–Trinajstić information content (AvgIpc) is 3.16. The first-order valence-electron chi connectivity index (χ1n) is 8.75. The lowest BCUT2D eigenvalue weighted by atomic mass is 10.2. The van der Waals surface area contributed by atoms with Crippen LogP contribution in [0.3, 0.4) is 0 Å². The number of nitrogens with one attached hydrogen (secondary N) is 2. The molecule has 1 unspecified atom stereocenters. The largest absolute Gasteiger partial charge is 0.355 e. The number of amides is 1. The summed E-state index contributed by atoms with van der Waals surface area (Å²) in [5.41, 5.74) is 0.975. The second-order valence-corrected chi connectivity index (χ2v) is 8.88. The third kappa shape index (κ3) is 7.00. The summed E-state index contributed by atoms with van der Waals surface area (Å²) < 4.78 is 29.5. The Morgan fingerprint density at radius 3 is 2.67 bits per heavy atom. The number of hydrogen-bond acceptors (Lipinski definition) is 5. The fourth-order valence-corrected chi connectivity index (χ4v) is 4.16. The summed E-state index contributed by atoms with van der Waals surface area (Å²) in [6.07, 6.45) is 6.63. The van der Waals surface area contributed by atoms with E-state index in [0.29, 0.717) is 31.7 Å². The molecule has 0 spiro atoms. The van der Waals surface area contributed by atoms with Crippen molar-refractivity contribution in [2.75, 3.05) is 18.6 Å². The molecule has 0 aliphatic rings. The topological polar surface area (TPSA) is 93.1 Å². The zero-order valence-corrected chi connectivity index (χ0v) is 17.2. The number of carbonyl (C=O) groups excluding carboxylic acids is 1. The second-order valence-electron chi connectivity index (χ2n) is 6.18. The minimum Gasteiger partial charge on any atom is -0.355 e. The van der Waals surface area contributed by atoms with Crippen molar-refractivity contribution in [3.8, 4) is 0 Å². The summed E-state index contributed by atoms with van der Waals surface area (Å²) in [6.45, 7) is 3.04. The van der Waals surface area contributed by atoms with Gasteiger partial charge in [0.25, 0.3) is 0 Å². The summed E-state index contributed by atoms with van der Waals surface area (Å²) in [5, 5.41) is 6.93. The van der Waals surface area contributed by atoms with Crippen LogP contribution in [0.1, 0.15) is 18.4 Å². The minimum absolute atomic E-state index is 0.161. The lowest BCUT2D eigenvalue weighted by Crippen LogP contribution is -2.47. The van der Waals surface area contributed by atoms with E-state index in [-0.39, 0.29) is 10.8 Å². The fraction of sp³-hybridized carbons (Fsp3) is 0.444. The molecule has 7 nitrogen and oxygen atoms in total. The number of sulfonamides is 1. The highest BCUT2D eigenvalue weighted by atomic mass is 32.2. The van der Waals surface area contributed by atoms with Crippen molar-refractivity contribution in [2.24, 2.45) is 0 Å². The molecule has 0 fully saturated rings. The van der Waals surface area contributed by atoms with Crippen LogP contribution in [0.4, 0.5) is 0 Å². The van der Waals surface area contributed by atoms with E-state index >= 15 is 0 Å². The van der Waals surface area contributed by atoms with Crippen molar-refractivity contribution in [2.45, 2.75) is 37.2 Å². The molecule has 0 aliphatic carbocycles. The van der Waals surface area contributed by atoms with Crippen molar-refractivity contribution in [1.82, 2.24) is 19.8 Å². The van der Waals surface area contributed by atoms with Crippen molar-refractivity contribution in [1.29, 1.82) is 0 Å². The van der Waals surface area contributed by atoms with Gasteiger partial charge in [-0.05, 0) is 50.0 Å². The minimum atomic E-state index is -3.75. The van der Waals surface area contributed by atoms with Crippen LogP contribution in [0.5, 0.6) is 0 Å². The Balaban J connectivity index is 1.94. The molecule has 1 amide bonds. The Morgan fingerprint density at radius 1 is 1.30 bits per heavy atom. The van der Waals surface area contributed by atoms with Gasteiger partial charge in [0.2, 0.25) is 15.9 Å². The number of aromatic nitrogens is 2. The maximum atomic E-state index is 12.6. The Kier molecular flexibility index (Phi) is 8.33. The van der Waals surface area contributed by atoms with Gasteiger partial charge in [-0.1, -0.05) is 17.7 Å². The van der Waals surface area contributed by atoms with Crippen molar-refractivity contribution in [3.05, 3.63) is 48.3 Å². The normalized spacial score (nSPS) is 12.7. The third-order valence-electron chi connectivity index (χ3n) is 3.98. The van der Waals surface area contributed by atoms with Crippen molar-refractivity contribution in [3.63, 3.8) is 0 Å². The molecule has 148 valence electrons. The molecule has 2 rings (SSSR count). The van der Waals surface area contributed by atoms with Gasteiger partial charge in [0.1, 0.15) is 6.04 Å². The van der Waals surface area contributed by atoms with E-state index in [1.807, 2.05) is 25.4 Å². The molecule has 2 N–H and O–H groups in total. The van der Waals surface area contributed by atoms with Gasteiger partial charge in [-0.2, -0.15) is 21.6 Å². The highest BCUT2D eigenvalue weighted by Crippen LogP contribution is 2.12. The predicted octanol–water partition coefficient (Wildman–Crippen LogP) is 1.80. The van der Waals surface area contributed by atoms with Gasteiger partial charge < -0.3 is 5.32 Å². The first-order chi connectivity index (χ1) is 12.9. The molecule has 0 bridgehead atoms. The van der Waals surface area contributed by atoms with Crippen molar-refractivity contribution < 1.29 is 13.2 Å². The number of carbonyl (C=O) groups is 1. The fourth-order valence-electron chi connectivity index (χ4n) is 2.46. The van der Waals surface area contributed by atoms with Gasteiger partial charge in [0.15, 0.2) is 0 Å². The summed E-state index contributed by atoms with van der Waals surface area (Å²) in [4.78, 5) is 12.7. The number of benzene rings is 1. The predicted molar refractivity (Wildman–Crippen MR) is 108 cm³/mol. The van der Waals surface area contributed by atoms with Gasteiger partial charge >= 0.3 is 0 Å². The third-order valence-corrected chi connectivity index (χ3v) is 6.11. The molecule has 0 aliphatic heterocycles. The molecule has 2 aromatic rings. The average molecular weight is 411 g/mol. The maximum absolute atomic E-state index is 12.6. The molecule has 0 saturated heterocycles. The molecular weight excluding hydrogens is 384 g/mol. The lowest BCUT2D eigenvalue weighted by Gasteiger charge is -2.18. The number of thioether (sulfide) groups is 1. The Labute approximate surface area is 165 Å². The monoisotopic (exact) mass is 410 g/mol. The number of hydrogen-bond donors (Lipinski definition) is 2. The highest BCUT2D eigenvalue weighted by Gasteiger charge is 2.25. The first-order valence-corrected chi connectivity index (χ1v) is 11.6. The van der Waals surface area contributed by atoms with Crippen LogP contribution in [-0.4, -0.2) is 48.7 Å². The Hall–Kier alpha value is -1.84. The molecule has 27 heavy (non-hydrogen) atoms. The van der Waals surface area contributed by atoms with Gasteiger partial charge in [-0.3, -0.25) is 9.48 Å². The van der Waals surface area contributed by atoms with E-state index in [0.717, 1.165) is 5.56 Å². The molecule has 1 heterocycles. The molecule has 9 heteroatoms. The Bertz CT molecular complexity index is 806. The van der Waals surface area contributed by atoms with E-state index in [2.05, 4.69) is 15.1 Å². The number of aryl methyl sites for hydroxylation is 2. The summed E-state index contributed by atoms with van der Waals surface area (Å²) in [7, 11) is -3.75. The van der Waals surface area contributed by atoms with Crippen molar-refractivity contribution >= 4 is 27.7 Å². The van der Waals surface area contributed by atoms with Crippen LogP contribution < -0.4 is 10.0 Å². The molecule has 0 saturated carbocycles. The summed E-state index contributed by atoms with van der Waals surface area (Å²) >= 11 is 1.57. The molecule has 1 aromatic heterocycles. The van der Waals surface area contributed by atoms with E-state index in [1.165, 1.54) is 0 Å². The van der Waals surface area contributed by atoms with Crippen LogP contribution in [0.2, 0.25) is 0 Å². The van der Waals surface area contributed by atoms with Crippen LogP contribution in [0.25, 0.3) is 0 Å².